The van der Waals surface area contributed by atoms with Crippen LogP contribution in [0.25, 0.3) is 0 Å². The third kappa shape index (κ3) is 20.1. The molecule has 3 amide bonds. The number of esters is 1. The molecule has 1 saturated heterocycles. The second-order valence-corrected chi connectivity index (χ2v) is 15.9. The quantitative estimate of drug-likeness (QED) is 0.0371. The van der Waals surface area contributed by atoms with Crippen molar-refractivity contribution < 1.29 is 43.7 Å². The van der Waals surface area contributed by atoms with E-state index < -0.39 is 54.2 Å². The maximum atomic E-state index is 14.0. The zero-order chi connectivity index (χ0) is 46.1. The van der Waals surface area contributed by atoms with Crippen LogP contribution in [-0.4, -0.2) is 107 Å². The highest BCUT2D eigenvalue weighted by Gasteiger charge is 2.35. The highest BCUT2D eigenvalue weighted by Crippen LogP contribution is 2.21. The average Bonchev–Trinajstić information content (AvgIpc) is 3.23. The third-order valence-electron chi connectivity index (χ3n) is 10.1. The maximum absolute atomic E-state index is 14.0. The molecule has 0 aromatic heterocycles. The van der Waals surface area contributed by atoms with Gasteiger partial charge in [0.25, 0.3) is 5.91 Å². The smallest absolute Gasteiger partial charge is 0.325 e. The van der Waals surface area contributed by atoms with Gasteiger partial charge in [-0.15, -0.1) is 0 Å². The Hall–Kier alpha value is -4.76. The lowest BCUT2D eigenvalue weighted by molar-refractivity contribution is -0.156. The summed E-state index contributed by atoms with van der Waals surface area (Å²) in [6.07, 6.45) is 10.4. The number of ether oxygens (including phenoxy) is 1. The fraction of sp³-hybridized carbons (Fsp3) is 0.574. The van der Waals surface area contributed by atoms with Crippen molar-refractivity contribution in [3.8, 4) is 0 Å². The van der Waals surface area contributed by atoms with Crippen molar-refractivity contribution in [1.82, 2.24) is 26.4 Å². The van der Waals surface area contributed by atoms with Gasteiger partial charge in [-0.25, -0.2) is 5.43 Å². The largest absolute Gasteiger partial charge is 0.456 e. The molecule has 6 N–H and O–H groups in total. The van der Waals surface area contributed by atoms with Gasteiger partial charge < -0.3 is 40.5 Å². The fourth-order valence-electron chi connectivity index (χ4n) is 6.57. The number of amides is 3. The number of benzene rings is 1. The van der Waals surface area contributed by atoms with E-state index in [1.807, 2.05) is 71.9 Å². The molecule has 0 saturated carbocycles. The minimum Gasteiger partial charge on any atom is -0.456 e. The molecule has 2 rings (SSSR count). The van der Waals surface area contributed by atoms with Gasteiger partial charge >= 0.3 is 5.97 Å². The Bertz CT molecular complexity index is 1640. The fourth-order valence-corrected chi connectivity index (χ4v) is 6.57. The summed E-state index contributed by atoms with van der Waals surface area (Å²) in [5.74, 6) is -3.14. The number of aliphatic hydroxyl groups is 2. The first kappa shape index (κ1) is 54.3. The first-order valence-electron chi connectivity index (χ1n) is 21.6. The molecule has 14 nitrogen and oxygen atoms in total. The van der Waals surface area contributed by atoms with Gasteiger partial charge in [-0.2, -0.15) is 0 Å². The van der Waals surface area contributed by atoms with Gasteiger partial charge in [-0.05, 0) is 71.1 Å². The van der Waals surface area contributed by atoms with Gasteiger partial charge in [0, 0.05) is 49.8 Å². The number of likely N-dealkylation sites (N-methyl/N-ethyl adjacent to an activating group) is 1. The van der Waals surface area contributed by atoms with Crippen molar-refractivity contribution in [2.24, 2.45) is 17.8 Å². The molecule has 1 aromatic rings. The van der Waals surface area contributed by atoms with E-state index in [1.54, 1.807) is 51.3 Å². The normalized spacial score (nSPS) is 18.2. The Balaban J connectivity index is 0.00000916. The monoisotopic (exact) mass is 852 g/mol. The van der Waals surface area contributed by atoms with Crippen LogP contribution in [0.3, 0.4) is 0 Å². The van der Waals surface area contributed by atoms with Gasteiger partial charge in [-0.1, -0.05) is 101 Å². The van der Waals surface area contributed by atoms with E-state index in [9.17, 15) is 39.0 Å². The van der Waals surface area contributed by atoms with E-state index in [0.717, 1.165) is 5.56 Å². The molecular weight excluding hydrogens is 779 g/mol. The minimum atomic E-state index is -1.15. The summed E-state index contributed by atoms with van der Waals surface area (Å²) in [5, 5.41) is 31.5. The van der Waals surface area contributed by atoms with E-state index >= 15 is 0 Å². The number of rotatable bonds is 24. The molecule has 1 aromatic carbocycles. The summed E-state index contributed by atoms with van der Waals surface area (Å²) in [7, 11) is 1.70. The molecule has 5 unspecified atom stereocenters. The number of hydrogen-bond donors (Lipinski definition) is 6. The molecular formula is C47H73N5O9. The van der Waals surface area contributed by atoms with Crippen molar-refractivity contribution >= 4 is 35.8 Å². The molecule has 61 heavy (non-hydrogen) atoms. The molecule has 1 fully saturated rings. The van der Waals surface area contributed by atoms with E-state index in [2.05, 4.69) is 21.4 Å². The lowest BCUT2D eigenvalue weighted by Gasteiger charge is -2.36. The van der Waals surface area contributed by atoms with Crippen LogP contribution in [0.5, 0.6) is 0 Å². The maximum Gasteiger partial charge on any atom is 0.325 e. The number of carbonyl (C=O) groups is 6. The molecule has 0 aliphatic carbocycles. The first-order chi connectivity index (χ1) is 29.0. The predicted octanol–water partition coefficient (Wildman–Crippen LogP) is 4.46. The van der Waals surface area contributed by atoms with Crippen LogP contribution in [-0.2, 0) is 39.9 Å². The number of hydrazine groups is 1. The molecule has 340 valence electrons. The van der Waals surface area contributed by atoms with Gasteiger partial charge in [0.1, 0.15) is 30.3 Å². The van der Waals surface area contributed by atoms with Crippen LogP contribution in [0.2, 0.25) is 0 Å². The highest BCUT2D eigenvalue weighted by molar-refractivity contribution is 5.90. The molecule has 0 spiro atoms. The zero-order valence-corrected chi connectivity index (χ0v) is 37.9. The number of nitrogens with one attached hydrogen (secondary N) is 4. The van der Waals surface area contributed by atoms with Crippen LogP contribution in [0.1, 0.15) is 100.0 Å². The number of hydrogen-bond acceptors (Lipinski definition) is 11. The van der Waals surface area contributed by atoms with Crippen molar-refractivity contribution in [2.75, 3.05) is 13.6 Å². The lowest BCUT2D eigenvalue weighted by atomic mass is 9.86. The molecule has 14 heteroatoms. The second kappa shape index (κ2) is 29.5. The second-order valence-electron chi connectivity index (χ2n) is 15.9. The molecule has 1 aliphatic rings. The molecule has 0 bridgehead atoms. The van der Waals surface area contributed by atoms with Gasteiger partial charge in [-0.3, -0.25) is 24.2 Å². The van der Waals surface area contributed by atoms with E-state index in [4.69, 9.17) is 4.74 Å². The minimum absolute atomic E-state index is 0.0228. The van der Waals surface area contributed by atoms with Gasteiger partial charge in [0.2, 0.25) is 11.8 Å². The zero-order valence-electron chi connectivity index (χ0n) is 37.9. The van der Waals surface area contributed by atoms with Crippen LogP contribution in [0.4, 0.5) is 0 Å². The van der Waals surface area contributed by atoms with Crippen LogP contribution in [0, 0.1) is 17.8 Å². The number of allylic oxidation sites excluding steroid dienone is 4. The third-order valence-corrected chi connectivity index (χ3v) is 10.1. The summed E-state index contributed by atoms with van der Waals surface area (Å²) < 4.78 is 6.04. The summed E-state index contributed by atoms with van der Waals surface area (Å²) in [5.41, 5.74) is 4.56. The van der Waals surface area contributed by atoms with Gasteiger partial charge in [0.05, 0.1) is 18.2 Å². The van der Waals surface area contributed by atoms with E-state index in [-0.39, 0.29) is 61.1 Å². The summed E-state index contributed by atoms with van der Waals surface area (Å²) in [6.45, 7) is 16.7. The van der Waals surface area contributed by atoms with E-state index in [0.29, 0.717) is 31.2 Å². The summed E-state index contributed by atoms with van der Waals surface area (Å²) in [6, 6.07) is 7.06. The standard InChI is InChI=1S/C45H67N5O9.C2H6/c1-29(2)41(46-8)43(56)48-37(27-34-18-11-9-12-19-34)44(57)50-26-16-20-36(49-50)45(58)59-39(31(5)17-15-23-40(54)47-30(3)4)22-14-10-13-21-38(53)33(7)42(55)35(28-51)25-24-32(6)52;1-2/h9-15,17-19,21,23,28-30,33,35-39,41-42,46,49,53,55H,16,20,22,24-27H2,1-8H3,(H,47,54)(H,48,56);1-2H3/b14-10+,21-13+,23-15+,31-17+;/t33?,35-,36?,37?,38-,39-,41?,42?;/m0./s1. The number of nitrogens with zero attached hydrogens (tertiary/aromatic N) is 1. The van der Waals surface area contributed by atoms with Crippen molar-refractivity contribution in [2.45, 2.75) is 143 Å². The summed E-state index contributed by atoms with van der Waals surface area (Å²) >= 11 is 0. The predicted molar refractivity (Wildman–Crippen MR) is 239 cm³/mol. The summed E-state index contributed by atoms with van der Waals surface area (Å²) in [4.78, 5) is 76.2. The average molecular weight is 852 g/mol. The van der Waals surface area contributed by atoms with Crippen LogP contribution < -0.4 is 21.4 Å². The highest BCUT2D eigenvalue weighted by atomic mass is 16.5. The number of carbonyl (C=O) groups excluding carboxylic acids is 6. The van der Waals surface area contributed by atoms with E-state index in [1.165, 1.54) is 24.1 Å². The SMILES string of the molecule is CC.CNC(C(=O)NC(Cc1ccccc1)C(=O)N1CCCC(C(=O)O[C@@H](C/C=C/C=C/[C@H](O)C(C)C(O)[C@H](C=O)CCC(C)=O)/C(C)=C/C=C/C(=O)NC(C)C)N1)C(C)C. The molecule has 8 atom stereocenters. The number of ketones is 1. The van der Waals surface area contributed by atoms with Crippen LogP contribution >= 0.6 is 0 Å². The van der Waals surface area contributed by atoms with Crippen molar-refractivity contribution in [3.05, 3.63) is 84.0 Å². The van der Waals surface area contributed by atoms with Gasteiger partial charge in [0.15, 0.2) is 0 Å². The molecule has 1 aliphatic heterocycles. The Kier molecular flexibility index (Phi) is 26.2. The molecule has 1 heterocycles. The molecule has 0 radical (unpaired) electrons. The Morgan fingerprint density at radius 2 is 1.64 bits per heavy atom. The Morgan fingerprint density at radius 3 is 2.23 bits per heavy atom. The Labute approximate surface area is 363 Å². The topological polar surface area (TPSA) is 203 Å². The Morgan fingerprint density at radius 1 is 0.967 bits per heavy atom. The number of aldehydes is 1. The number of aliphatic hydroxyl groups excluding tert-OH is 2. The van der Waals surface area contributed by atoms with Crippen LogP contribution in [0.15, 0.2) is 78.4 Å². The first-order valence-corrected chi connectivity index (χ1v) is 21.6. The van der Waals surface area contributed by atoms with Crippen molar-refractivity contribution in [1.29, 1.82) is 0 Å². The lowest BCUT2D eigenvalue weighted by Crippen LogP contribution is -2.61. The number of Topliss-reactive ketones (excluding diaryl/α,β-unsaturated/α-hetero) is 1. The van der Waals surface area contributed by atoms with Crippen molar-refractivity contribution in [3.63, 3.8) is 0 Å².